The maximum Gasteiger partial charge on any atom is 0.232 e. The number of ether oxygens (including phenoxy) is 1. The summed E-state index contributed by atoms with van der Waals surface area (Å²) in [5, 5.41) is 0. The van der Waals surface area contributed by atoms with E-state index in [4.69, 9.17) is 4.74 Å². The maximum absolute atomic E-state index is 5.27. The lowest BCUT2D eigenvalue weighted by Crippen LogP contribution is -2.08. The van der Waals surface area contributed by atoms with Crippen LogP contribution in [0.2, 0.25) is 0 Å². The first kappa shape index (κ1) is 7.72. The molecule has 1 aromatic rings. The molecule has 3 heteroatoms. The summed E-state index contributed by atoms with van der Waals surface area (Å²) in [6, 6.07) is 0. The number of aromatic nitrogens is 2. The fourth-order valence-electron chi connectivity index (χ4n) is 0.585. The van der Waals surface area contributed by atoms with Gasteiger partial charge in [-0.05, 0) is 6.92 Å². The predicted molar refractivity (Wildman–Crippen MR) is 42.3 cm³/mol. The summed E-state index contributed by atoms with van der Waals surface area (Å²) in [4.78, 5) is 7.78. The molecule has 0 fully saturated rings. The molecular formula is C8H10N2O. The molecule has 0 saturated heterocycles. The fourth-order valence-corrected chi connectivity index (χ4v) is 0.585. The Morgan fingerprint density at radius 3 is 3.00 bits per heavy atom. The van der Waals surface area contributed by atoms with Crippen molar-refractivity contribution in [2.75, 3.05) is 0 Å². The highest BCUT2D eigenvalue weighted by molar-refractivity contribution is 5.02. The molecule has 0 saturated carbocycles. The molecule has 1 heterocycles. The zero-order chi connectivity index (χ0) is 8.10. The van der Waals surface area contributed by atoms with E-state index < -0.39 is 0 Å². The van der Waals surface area contributed by atoms with Crippen molar-refractivity contribution >= 4 is 0 Å². The Labute approximate surface area is 65.8 Å². The first-order chi connectivity index (χ1) is 5.33. The van der Waals surface area contributed by atoms with Crippen LogP contribution in [0.25, 0.3) is 0 Å². The Morgan fingerprint density at radius 2 is 2.45 bits per heavy atom. The molecule has 1 rings (SSSR count). The molecule has 1 atom stereocenters. The summed E-state index contributed by atoms with van der Waals surface area (Å²) in [5.74, 6) is 0.528. The summed E-state index contributed by atoms with van der Waals surface area (Å²) in [6.07, 6.45) is 6.44. The van der Waals surface area contributed by atoms with Gasteiger partial charge in [0.15, 0.2) is 0 Å². The second-order valence-electron chi connectivity index (χ2n) is 2.10. The third-order valence-corrected chi connectivity index (χ3v) is 1.18. The van der Waals surface area contributed by atoms with Crippen LogP contribution < -0.4 is 4.74 Å². The van der Waals surface area contributed by atoms with Crippen LogP contribution in [0.3, 0.4) is 0 Å². The molecule has 0 amide bonds. The van der Waals surface area contributed by atoms with Gasteiger partial charge in [-0.15, -0.1) is 0 Å². The lowest BCUT2D eigenvalue weighted by Gasteiger charge is -2.07. The van der Waals surface area contributed by atoms with E-state index in [9.17, 15) is 0 Å². The van der Waals surface area contributed by atoms with Crippen molar-refractivity contribution < 1.29 is 4.74 Å². The molecule has 3 nitrogen and oxygen atoms in total. The monoisotopic (exact) mass is 150 g/mol. The molecule has 0 N–H and O–H groups in total. The highest BCUT2D eigenvalue weighted by atomic mass is 16.5. The Kier molecular flexibility index (Phi) is 2.60. The molecule has 1 unspecified atom stereocenters. The number of hydrogen-bond donors (Lipinski definition) is 0. The third kappa shape index (κ3) is 2.37. The molecule has 11 heavy (non-hydrogen) atoms. The molecule has 1 aromatic heterocycles. The van der Waals surface area contributed by atoms with Crippen molar-refractivity contribution in [2.45, 2.75) is 13.0 Å². The van der Waals surface area contributed by atoms with Gasteiger partial charge in [-0.3, -0.25) is 4.98 Å². The van der Waals surface area contributed by atoms with Crippen LogP contribution in [0.5, 0.6) is 5.88 Å². The quantitative estimate of drug-likeness (QED) is 0.611. The van der Waals surface area contributed by atoms with Crippen LogP contribution in [0.4, 0.5) is 0 Å². The van der Waals surface area contributed by atoms with Gasteiger partial charge in [-0.25, -0.2) is 4.98 Å². The first-order valence-corrected chi connectivity index (χ1v) is 3.38. The van der Waals surface area contributed by atoms with Gasteiger partial charge in [0.05, 0.1) is 6.20 Å². The van der Waals surface area contributed by atoms with Gasteiger partial charge in [0, 0.05) is 12.4 Å². The van der Waals surface area contributed by atoms with Crippen LogP contribution in [0.15, 0.2) is 31.2 Å². The van der Waals surface area contributed by atoms with Crippen LogP contribution in [0, 0.1) is 0 Å². The highest BCUT2D eigenvalue weighted by Crippen LogP contribution is 2.03. The summed E-state index contributed by atoms with van der Waals surface area (Å²) >= 11 is 0. The van der Waals surface area contributed by atoms with Gasteiger partial charge >= 0.3 is 0 Å². The largest absolute Gasteiger partial charge is 0.469 e. The van der Waals surface area contributed by atoms with Crippen molar-refractivity contribution in [3.63, 3.8) is 0 Å². The average Bonchev–Trinajstić information content (AvgIpc) is 2.06. The van der Waals surface area contributed by atoms with E-state index in [1.54, 1.807) is 24.7 Å². The Bertz CT molecular complexity index is 223. The van der Waals surface area contributed by atoms with Crippen molar-refractivity contribution in [1.29, 1.82) is 0 Å². The Balaban J connectivity index is 2.57. The Hall–Kier alpha value is -1.38. The van der Waals surface area contributed by atoms with Crippen molar-refractivity contribution in [3.05, 3.63) is 31.2 Å². The Morgan fingerprint density at radius 1 is 1.64 bits per heavy atom. The second-order valence-corrected chi connectivity index (χ2v) is 2.10. The minimum Gasteiger partial charge on any atom is -0.469 e. The van der Waals surface area contributed by atoms with Crippen LogP contribution >= 0.6 is 0 Å². The number of hydrogen-bond acceptors (Lipinski definition) is 3. The van der Waals surface area contributed by atoms with Crippen LogP contribution in [-0.2, 0) is 0 Å². The standard InChI is InChI=1S/C8H10N2O/c1-3-7(2)11-8-6-9-4-5-10-8/h3-7H,1H2,2H3. The van der Waals surface area contributed by atoms with E-state index in [1.165, 1.54) is 0 Å². The average molecular weight is 150 g/mol. The molecule has 0 aromatic carbocycles. The summed E-state index contributed by atoms with van der Waals surface area (Å²) in [5.41, 5.74) is 0. The van der Waals surface area contributed by atoms with E-state index in [1.807, 2.05) is 6.92 Å². The lowest BCUT2D eigenvalue weighted by atomic mass is 10.4. The molecule has 0 radical (unpaired) electrons. The third-order valence-electron chi connectivity index (χ3n) is 1.18. The summed E-state index contributed by atoms with van der Waals surface area (Å²) in [6.45, 7) is 5.47. The van der Waals surface area contributed by atoms with Gasteiger partial charge in [-0.2, -0.15) is 0 Å². The molecule has 0 aliphatic heterocycles. The van der Waals surface area contributed by atoms with Crippen LogP contribution in [-0.4, -0.2) is 16.1 Å². The number of nitrogens with zero attached hydrogens (tertiary/aromatic N) is 2. The van der Waals surface area contributed by atoms with E-state index in [0.29, 0.717) is 5.88 Å². The highest BCUT2D eigenvalue weighted by Gasteiger charge is 1.97. The minimum atomic E-state index is -0.0216. The normalized spacial score (nSPS) is 12.1. The summed E-state index contributed by atoms with van der Waals surface area (Å²) < 4.78 is 5.27. The SMILES string of the molecule is C=CC(C)Oc1cnccn1. The molecular weight excluding hydrogens is 140 g/mol. The van der Waals surface area contributed by atoms with Gasteiger partial charge in [-0.1, -0.05) is 12.7 Å². The molecule has 0 aliphatic rings. The van der Waals surface area contributed by atoms with Gasteiger partial charge < -0.3 is 4.74 Å². The smallest absolute Gasteiger partial charge is 0.232 e. The van der Waals surface area contributed by atoms with E-state index in [2.05, 4.69) is 16.5 Å². The molecule has 0 bridgehead atoms. The van der Waals surface area contributed by atoms with Crippen molar-refractivity contribution in [2.24, 2.45) is 0 Å². The first-order valence-electron chi connectivity index (χ1n) is 3.38. The predicted octanol–water partition coefficient (Wildman–Crippen LogP) is 1.43. The van der Waals surface area contributed by atoms with Crippen molar-refractivity contribution in [3.8, 4) is 5.88 Å². The maximum atomic E-state index is 5.27. The van der Waals surface area contributed by atoms with Gasteiger partial charge in [0.25, 0.3) is 0 Å². The molecule has 58 valence electrons. The fraction of sp³-hybridized carbons (Fsp3) is 0.250. The lowest BCUT2D eigenvalue weighted by molar-refractivity contribution is 0.258. The molecule has 0 spiro atoms. The zero-order valence-electron chi connectivity index (χ0n) is 6.40. The topological polar surface area (TPSA) is 35.0 Å². The van der Waals surface area contributed by atoms with Gasteiger partial charge in [0.1, 0.15) is 6.10 Å². The van der Waals surface area contributed by atoms with E-state index in [0.717, 1.165) is 0 Å². The van der Waals surface area contributed by atoms with Crippen molar-refractivity contribution in [1.82, 2.24) is 9.97 Å². The summed E-state index contributed by atoms with van der Waals surface area (Å²) in [7, 11) is 0. The van der Waals surface area contributed by atoms with E-state index in [-0.39, 0.29) is 6.10 Å². The minimum absolute atomic E-state index is 0.0216. The molecule has 0 aliphatic carbocycles. The van der Waals surface area contributed by atoms with E-state index >= 15 is 0 Å². The van der Waals surface area contributed by atoms with Crippen LogP contribution in [0.1, 0.15) is 6.92 Å². The number of rotatable bonds is 3. The zero-order valence-corrected chi connectivity index (χ0v) is 6.40. The van der Waals surface area contributed by atoms with Gasteiger partial charge in [0.2, 0.25) is 5.88 Å². The second kappa shape index (κ2) is 3.71.